The van der Waals surface area contributed by atoms with E-state index in [0.717, 1.165) is 6.42 Å². The van der Waals surface area contributed by atoms with E-state index in [4.69, 9.17) is 23.4 Å². The van der Waals surface area contributed by atoms with Crippen LogP contribution in [-0.2, 0) is 701 Å². The van der Waals surface area contributed by atoms with Crippen LogP contribution in [0.5, 0.6) is 0 Å². The predicted octanol–water partition coefficient (Wildman–Crippen LogP) is 8.21. The molecule has 0 aromatic rings. The molecular weight excluding hydrogens is 2320 g/mol. The Hall–Kier alpha value is 23.1. The average molecular weight is 2390 g/mol. The van der Waals surface area contributed by atoms with Crippen LogP contribution >= 0.6 is 0 Å². The molecule has 2 saturated heterocycles. The summed E-state index contributed by atoms with van der Waals surface area (Å²) in [5.74, 6) is 1.50. The van der Waals surface area contributed by atoms with Crippen LogP contribution in [0.15, 0.2) is 0 Å². The van der Waals surface area contributed by atoms with Gasteiger partial charge in [0.2, 0.25) is 0 Å². The average Bonchev–Trinajstić information content (AvgIpc) is 2.72. The summed E-state index contributed by atoms with van der Waals surface area (Å²) in [4.78, 5) is 0. The first-order chi connectivity index (χ1) is 16.0. The van der Waals surface area contributed by atoms with Crippen LogP contribution in [0, 0.1) is 132 Å². The topological polar surface area (TPSA) is 27.7 Å². The molecule has 2 aliphatic rings. The van der Waals surface area contributed by atoms with E-state index in [0.29, 0.717) is 23.7 Å². The second kappa shape index (κ2) is 118. The molecule has 0 bridgehead atoms. The molecule has 2 heterocycles. The van der Waals surface area contributed by atoms with Crippen molar-refractivity contribution >= 4 is 7.85 Å². The molecule has 3 nitrogen and oxygen atoms in total. The van der Waals surface area contributed by atoms with Crippen molar-refractivity contribution in [2.24, 2.45) is 47.3 Å². The van der Waals surface area contributed by atoms with Crippen LogP contribution < -0.4 is 0 Å². The van der Waals surface area contributed by atoms with Gasteiger partial charge in [0.1, 0.15) is 14.1 Å². The van der Waals surface area contributed by atoms with Crippen LogP contribution in [0.1, 0.15) is 55.7 Å². The Labute approximate surface area is 899 Å². The van der Waals surface area contributed by atoms with Gasteiger partial charge in [-0.05, 0) is 24.7 Å². The molecule has 25 heteroatoms. The molecule has 0 aromatic carbocycles. The van der Waals surface area contributed by atoms with Crippen molar-refractivity contribution in [1.82, 2.24) is 0 Å². The zero-order chi connectivity index (χ0) is 28.0. The second-order valence-electron chi connectivity index (χ2n) is 10.1. The summed E-state index contributed by atoms with van der Waals surface area (Å²) in [5, 5.41) is 0. The van der Waals surface area contributed by atoms with Gasteiger partial charge in [-0.1, -0.05) is 26.7 Å². The summed E-state index contributed by atoms with van der Waals surface area (Å²) in [7, 11) is 5.96. The van der Waals surface area contributed by atoms with Crippen LogP contribution in [0.2, 0.25) is 0 Å². The second-order valence-corrected chi connectivity index (χ2v) is 10.1. The maximum absolute atomic E-state index is 8.30. The molecule has 0 N–H and O–H groups in total. The van der Waals surface area contributed by atoms with E-state index >= 15 is 0 Å². The normalized spacial score (nSPS) is 22.3. The summed E-state index contributed by atoms with van der Waals surface area (Å²) in [5.41, 5.74) is 0. The molecule has 23 radical (unpaired) electrons. The van der Waals surface area contributed by atoms with Gasteiger partial charge in [0.15, 0.2) is 0 Å². The van der Waals surface area contributed by atoms with E-state index in [-0.39, 0.29) is 752 Å². The Morgan fingerprint density at radius 1 is 0.552 bits per heavy atom. The molecule has 0 aromatic heterocycles. The van der Waals surface area contributed by atoms with Gasteiger partial charge in [0.05, 0.1) is 18.8 Å². The van der Waals surface area contributed by atoms with Gasteiger partial charge in [-0.25, -0.2) is 0 Å². The molecule has 0 saturated carbocycles. The molecule has 10 atom stereocenters. The van der Waals surface area contributed by atoms with E-state index in [2.05, 4.69) is 76.2 Å². The molecule has 291 valence electrons. The summed E-state index contributed by atoms with van der Waals surface area (Å²) in [6, 6.07) is -0.452. The third-order valence-corrected chi connectivity index (χ3v) is 5.24. The van der Waals surface area contributed by atoms with Crippen molar-refractivity contribution in [3.05, 3.63) is 84.6 Å². The third-order valence-electron chi connectivity index (χ3n) is 5.24. The van der Waals surface area contributed by atoms with Gasteiger partial charge in [0, 0.05) is 688 Å². The minimum absolute atomic E-state index is 0. The zero-order valence-electron chi connectivity index (χ0n) is 39.2. The molecule has 0 amide bonds. The fraction of sp³-hybridized carbons (Fsp3) is 0.636. The van der Waals surface area contributed by atoms with Gasteiger partial charge in [-0.2, -0.15) is 5.92 Å². The molecule has 0 aliphatic carbocycles. The van der Waals surface area contributed by atoms with Gasteiger partial charge < -0.3 is 117 Å². The Bertz CT molecular complexity index is 534. The molecular formula is C33H63BO3Y21-12. The van der Waals surface area contributed by atoms with Crippen LogP contribution in [0.25, 0.3) is 0 Å². The smallest absolute Gasteiger partial charge is 0.131 e. The monoisotopic (exact) mass is 2390 g/mol. The Morgan fingerprint density at radius 3 is 1.05 bits per heavy atom. The Balaban J connectivity index is -0.0000000114. The number of hydrogen-bond donors (Lipinski definition) is 0. The fourth-order valence-electron chi connectivity index (χ4n) is 3.31. The first-order valence-corrected chi connectivity index (χ1v) is 12.6. The number of rotatable bonds is 4. The standard InChI is InChI=1S/C18H30BO3.3C4H8.3CH3.21Y/c1-7-16-13(5)12(4)14(6)18(22-16)20-9-15-8-10(2)11(3)17(19)21-15;3*1-4(2)3;;;;;;;;;;;;;;;;;;;;;;;;/h10-18H,3-4,6-9H2,1-2,5H3;3*4H,1-2H2,3H3;3*1H3;;;;;;;;;;;;;;;;;;;;;/q-3;3*-2;3*-1;;;;;;;;;;;;;;;;;;;;;/t10-,11?,12-,13-,14?,15?,16?,17-,18+;;;;;;;;;;;;;;;;;;;;;;;;;;;/m0.........................../s1/i8D;;;;;;;;;;;;;;;;;;;;;;;;;;;/t8-,10-,11?,12-,13-,14?,15?,16?,17-,18+;;;;;;;;;;;;;;;;;;;;;;;;;;;. The van der Waals surface area contributed by atoms with Gasteiger partial charge in [0.25, 0.3) is 0 Å². The SMILES string of the molecule is [2H][C@@H]1C(CO[C@@H]2OC(CC)[C@@H](C)[C@H]([CH2-])C2[CH2-])O[C@H]([B])C([CH2-])[C@H]1C.[CH2-]C([CH2-])C.[CH2-]C([CH2-])C.[CH2-]C([CH2-])C.[CH3-].[CH3-].[CH3-].[Y].[Y].[Y].[Y].[Y].[Y].[Y].[Y].[Y].[Y].[Y].[Y].[Y].[Y].[Y].[Y].[Y].[Y].[Y].[Y].[Y]. The maximum atomic E-state index is 8.30. The van der Waals surface area contributed by atoms with E-state index in [1.54, 1.807) is 0 Å². The molecule has 2 aliphatic heterocycles. The third kappa shape index (κ3) is 110. The predicted molar refractivity (Wildman–Crippen MR) is 168 cm³/mol. The maximum Gasteiger partial charge on any atom is 0.131 e. The zero-order valence-corrected chi connectivity index (χ0v) is 97.8. The first kappa shape index (κ1) is 165. The van der Waals surface area contributed by atoms with Crippen LogP contribution in [0.3, 0.4) is 0 Å². The summed E-state index contributed by atoms with van der Waals surface area (Å²) >= 11 is 0. The number of ether oxygens (including phenoxy) is 3. The van der Waals surface area contributed by atoms with Crippen molar-refractivity contribution < 1.29 is 702 Å². The van der Waals surface area contributed by atoms with E-state index in [1.807, 2.05) is 27.7 Å². The van der Waals surface area contributed by atoms with E-state index in [9.17, 15) is 0 Å². The summed E-state index contributed by atoms with van der Waals surface area (Å²) in [6.45, 7) is 45.9. The minimum Gasteiger partial charge on any atom is -0.385 e. The fourth-order valence-corrected chi connectivity index (χ4v) is 3.31. The molecule has 2 fully saturated rings. The Morgan fingerprint density at radius 2 is 0.810 bits per heavy atom. The summed E-state index contributed by atoms with van der Waals surface area (Å²) < 4.78 is 26.0. The van der Waals surface area contributed by atoms with Crippen molar-refractivity contribution in [2.75, 3.05) is 6.61 Å². The van der Waals surface area contributed by atoms with Crippen LogP contribution in [-0.4, -0.2) is 39.0 Å². The van der Waals surface area contributed by atoms with E-state index in [1.165, 1.54) is 0 Å². The van der Waals surface area contributed by atoms with Gasteiger partial charge in [-0.15, -0.1) is 32.6 Å². The van der Waals surface area contributed by atoms with Crippen molar-refractivity contribution in [1.29, 1.82) is 0 Å². The molecule has 0 spiro atoms. The van der Waals surface area contributed by atoms with Gasteiger partial charge >= 0.3 is 0 Å². The minimum atomic E-state index is -0.452. The number of hydrogen-bond acceptors (Lipinski definition) is 3. The first-order valence-electron chi connectivity index (χ1n) is 13.1. The van der Waals surface area contributed by atoms with Crippen molar-refractivity contribution in [3.63, 3.8) is 0 Å². The summed E-state index contributed by atoms with van der Waals surface area (Å²) in [6.07, 6.45) is -0.119. The quantitative estimate of drug-likeness (QED) is 0.210. The molecule has 2 rings (SSSR count). The van der Waals surface area contributed by atoms with Crippen LogP contribution in [0.4, 0.5) is 0 Å². The van der Waals surface area contributed by atoms with Gasteiger partial charge in [-0.3, -0.25) is 0 Å². The Kier molecular flexibility index (Phi) is 337. The van der Waals surface area contributed by atoms with Crippen molar-refractivity contribution in [3.8, 4) is 0 Å². The molecule has 58 heavy (non-hydrogen) atoms. The van der Waals surface area contributed by atoms with Crippen molar-refractivity contribution in [2.45, 2.75) is 78.9 Å². The molecule has 4 unspecified atom stereocenters. The van der Waals surface area contributed by atoms with E-state index < -0.39 is 18.7 Å². The largest absolute Gasteiger partial charge is 0.385 e.